The van der Waals surface area contributed by atoms with Gasteiger partial charge >= 0.3 is 0 Å². The minimum Gasteiger partial charge on any atom is -0.388 e. The zero-order chi connectivity index (χ0) is 12.7. The fraction of sp³-hybridized carbons (Fsp3) is 0.786. The van der Waals surface area contributed by atoms with Crippen molar-refractivity contribution in [3.8, 4) is 0 Å². The van der Waals surface area contributed by atoms with Gasteiger partial charge in [0.2, 0.25) is 0 Å². The summed E-state index contributed by atoms with van der Waals surface area (Å²) in [5.74, 6) is 0. The van der Waals surface area contributed by atoms with E-state index in [-0.39, 0.29) is 6.10 Å². The Morgan fingerprint density at radius 3 is 2.94 bits per heavy atom. The summed E-state index contributed by atoms with van der Waals surface area (Å²) in [5.41, 5.74) is 1.16. The van der Waals surface area contributed by atoms with Gasteiger partial charge in [-0.3, -0.25) is 0 Å². The minimum absolute atomic E-state index is 0.266. The number of aromatic nitrogens is 1. The summed E-state index contributed by atoms with van der Waals surface area (Å²) in [5, 5.41) is 11.2. The van der Waals surface area contributed by atoms with Crippen LogP contribution < -0.4 is 4.90 Å². The van der Waals surface area contributed by atoms with Crippen LogP contribution in [0.1, 0.15) is 62.6 Å². The van der Waals surface area contributed by atoms with Crippen molar-refractivity contribution >= 4 is 16.5 Å². The molecule has 1 saturated heterocycles. The van der Waals surface area contributed by atoms with Crippen LogP contribution in [0.4, 0.5) is 5.13 Å². The Bertz CT molecular complexity index is 431. The van der Waals surface area contributed by atoms with E-state index in [2.05, 4.69) is 18.7 Å². The van der Waals surface area contributed by atoms with E-state index in [1.807, 2.05) is 0 Å². The third-order valence-corrected chi connectivity index (χ3v) is 5.60. The van der Waals surface area contributed by atoms with Gasteiger partial charge < -0.3 is 10.0 Å². The average Bonchev–Trinajstić information content (AvgIpc) is 2.92. The highest BCUT2D eigenvalue weighted by molar-refractivity contribution is 7.15. The highest BCUT2D eigenvalue weighted by atomic mass is 32.1. The molecule has 1 aliphatic carbocycles. The van der Waals surface area contributed by atoms with Crippen LogP contribution in [0.5, 0.6) is 0 Å². The number of hydrogen-bond acceptors (Lipinski definition) is 4. The van der Waals surface area contributed by atoms with Crippen molar-refractivity contribution in [3.05, 3.63) is 10.6 Å². The molecule has 100 valence electrons. The number of anilines is 1. The second-order valence-corrected chi connectivity index (χ2v) is 6.62. The molecule has 0 saturated carbocycles. The van der Waals surface area contributed by atoms with Crippen molar-refractivity contribution in [1.82, 2.24) is 4.98 Å². The first-order valence-corrected chi connectivity index (χ1v) is 7.98. The van der Waals surface area contributed by atoms with Crippen LogP contribution in [0.2, 0.25) is 0 Å². The molecule has 1 aromatic rings. The van der Waals surface area contributed by atoms with E-state index in [0.29, 0.717) is 12.1 Å². The first-order valence-electron chi connectivity index (χ1n) is 7.16. The maximum Gasteiger partial charge on any atom is 0.186 e. The number of fused-ring (bicyclic) bond motifs is 1. The van der Waals surface area contributed by atoms with E-state index >= 15 is 0 Å². The molecule has 1 fully saturated rings. The highest BCUT2D eigenvalue weighted by Crippen LogP contribution is 2.41. The summed E-state index contributed by atoms with van der Waals surface area (Å²) in [7, 11) is 0. The van der Waals surface area contributed by atoms with E-state index in [9.17, 15) is 5.11 Å². The minimum atomic E-state index is -0.266. The summed E-state index contributed by atoms with van der Waals surface area (Å²) in [6.45, 7) is 4.56. The molecular weight excluding hydrogens is 244 g/mol. The van der Waals surface area contributed by atoms with Crippen LogP contribution in [0.15, 0.2) is 0 Å². The van der Waals surface area contributed by atoms with Crippen molar-refractivity contribution < 1.29 is 5.11 Å². The summed E-state index contributed by atoms with van der Waals surface area (Å²) in [6, 6.07) is 1.24. The average molecular weight is 266 g/mol. The molecule has 2 aliphatic rings. The maximum atomic E-state index is 10.1. The van der Waals surface area contributed by atoms with Gasteiger partial charge in [0, 0.05) is 12.1 Å². The lowest BCUT2D eigenvalue weighted by Gasteiger charge is -2.27. The van der Waals surface area contributed by atoms with Crippen molar-refractivity contribution in [1.29, 1.82) is 0 Å². The third kappa shape index (κ3) is 1.95. The Labute approximate surface area is 113 Å². The summed E-state index contributed by atoms with van der Waals surface area (Å²) >= 11 is 1.73. The van der Waals surface area contributed by atoms with E-state index < -0.39 is 0 Å². The largest absolute Gasteiger partial charge is 0.388 e. The highest BCUT2D eigenvalue weighted by Gasteiger charge is 2.33. The van der Waals surface area contributed by atoms with Gasteiger partial charge in [-0.15, -0.1) is 0 Å². The van der Waals surface area contributed by atoms with Gasteiger partial charge in [-0.25, -0.2) is 4.98 Å². The smallest absolute Gasteiger partial charge is 0.186 e. The van der Waals surface area contributed by atoms with Crippen molar-refractivity contribution in [2.75, 3.05) is 4.90 Å². The molecule has 0 radical (unpaired) electrons. The zero-order valence-electron chi connectivity index (χ0n) is 11.2. The normalized spacial score (nSPS) is 31.7. The second kappa shape index (κ2) is 4.82. The van der Waals surface area contributed by atoms with Crippen molar-refractivity contribution in [2.24, 2.45) is 0 Å². The SMILES string of the molecule is CCC1CCC(C)N1c1nc2c(s1)C(O)CCC2. The number of aliphatic hydroxyl groups excluding tert-OH is 1. The maximum absolute atomic E-state index is 10.1. The van der Waals surface area contributed by atoms with Gasteiger partial charge in [-0.05, 0) is 45.4 Å². The predicted octanol–water partition coefficient (Wildman–Crippen LogP) is 3.28. The number of aryl methyl sites for hydroxylation is 1. The van der Waals surface area contributed by atoms with Gasteiger partial charge in [-0.2, -0.15) is 0 Å². The quantitative estimate of drug-likeness (QED) is 0.892. The predicted molar refractivity (Wildman–Crippen MR) is 75.3 cm³/mol. The molecular formula is C14H22N2OS. The van der Waals surface area contributed by atoms with Crippen LogP contribution in [-0.4, -0.2) is 22.2 Å². The molecule has 1 aromatic heterocycles. The number of rotatable bonds is 2. The molecule has 4 heteroatoms. The molecule has 3 rings (SSSR count). The lowest BCUT2D eigenvalue weighted by molar-refractivity contribution is 0.160. The Balaban J connectivity index is 1.92. The van der Waals surface area contributed by atoms with Crippen LogP contribution >= 0.6 is 11.3 Å². The summed E-state index contributed by atoms with van der Waals surface area (Å²) < 4.78 is 0. The van der Waals surface area contributed by atoms with Crippen LogP contribution in [0, 0.1) is 0 Å². The molecule has 3 nitrogen and oxygen atoms in total. The van der Waals surface area contributed by atoms with Gasteiger partial charge in [0.25, 0.3) is 0 Å². The van der Waals surface area contributed by atoms with Crippen LogP contribution in [0.3, 0.4) is 0 Å². The monoisotopic (exact) mass is 266 g/mol. The van der Waals surface area contributed by atoms with Crippen LogP contribution in [-0.2, 0) is 6.42 Å². The molecule has 0 spiro atoms. The molecule has 3 atom stereocenters. The molecule has 1 N–H and O–H groups in total. The third-order valence-electron chi connectivity index (χ3n) is 4.39. The lowest BCUT2D eigenvalue weighted by Crippen LogP contribution is -2.33. The van der Waals surface area contributed by atoms with Gasteiger partial charge in [0.05, 0.1) is 16.7 Å². The van der Waals surface area contributed by atoms with Gasteiger partial charge in [0.15, 0.2) is 5.13 Å². The van der Waals surface area contributed by atoms with Gasteiger partial charge in [0.1, 0.15) is 0 Å². The Kier molecular flexibility index (Phi) is 3.32. The van der Waals surface area contributed by atoms with Crippen molar-refractivity contribution in [3.63, 3.8) is 0 Å². The Morgan fingerprint density at radius 1 is 1.39 bits per heavy atom. The molecule has 0 aromatic carbocycles. The molecule has 3 unspecified atom stereocenters. The summed E-state index contributed by atoms with van der Waals surface area (Å²) in [6.07, 6.45) is 6.50. The molecule has 1 aliphatic heterocycles. The number of nitrogens with zero attached hydrogens (tertiary/aromatic N) is 2. The fourth-order valence-corrected chi connectivity index (χ4v) is 4.62. The lowest BCUT2D eigenvalue weighted by atomic mass is 10.0. The van der Waals surface area contributed by atoms with E-state index in [1.54, 1.807) is 11.3 Å². The second-order valence-electron chi connectivity index (χ2n) is 5.61. The van der Waals surface area contributed by atoms with E-state index in [4.69, 9.17) is 4.98 Å². The fourth-order valence-electron chi connectivity index (χ4n) is 3.31. The first-order chi connectivity index (χ1) is 8.70. The van der Waals surface area contributed by atoms with E-state index in [1.165, 1.54) is 19.3 Å². The Morgan fingerprint density at radius 2 is 2.22 bits per heavy atom. The van der Waals surface area contributed by atoms with Gasteiger partial charge in [-0.1, -0.05) is 18.3 Å². The molecule has 0 amide bonds. The van der Waals surface area contributed by atoms with Crippen molar-refractivity contribution in [2.45, 2.75) is 70.6 Å². The number of aliphatic hydroxyl groups is 1. The standard InChI is InChI=1S/C14H22N2OS/c1-3-10-8-7-9(2)16(10)14-15-11-5-4-6-12(17)13(11)18-14/h9-10,12,17H,3-8H2,1-2H3. The summed E-state index contributed by atoms with van der Waals surface area (Å²) in [4.78, 5) is 8.44. The zero-order valence-corrected chi connectivity index (χ0v) is 12.0. The number of hydrogen-bond donors (Lipinski definition) is 1. The molecule has 0 bridgehead atoms. The number of thiazole rings is 1. The van der Waals surface area contributed by atoms with E-state index in [0.717, 1.165) is 35.0 Å². The van der Waals surface area contributed by atoms with Crippen LogP contribution in [0.25, 0.3) is 0 Å². The first kappa shape index (κ1) is 12.4. The Hall–Kier alpha value is -0.610. The molecule has 18 heavy (non-hydrogen) atoms. The molecule has 2 heterocycles. The topological polar surface area (TPSA) is 36.4 Å².